The van der Waals surface area contributed by atoms with Gasteiger partial charge in [-0.25, -0.2) is 10.4 Å². The summed E-state index contributed by atoms with van der Waals surface area (Å²) in [5.41, 5.74) is 6.70. The van der Waals surface area contributed by atoms with Crippen LogP contribution in [0.5, 0.6) is 0 Å². The van der Waals surface area contributed by atoms with Crippen molar-refractivity contribution in [1.29, 1.82) is 0 Å². The van der Waals surface area contributed by atoms with Crippen molar-refractivity contribution in [1.82, 2.24) is 15.0 Å². The van der Waals surface area contributed by atoms with Crippen LogP contribution in [0.1, 0.15) is 31.9 Å². The van der Waals surface area contributed by atoms with E-state index >= 15 is 0 Å². The molecular formula is C20H22N4O. The highest BCUT2D eigenvalue weighted by molar-refractivity contribution is 5.83. The van der Waals surface area contributed by atoms with Crippen molar-refractivity contribution in [2.45, 2.75) is 32.7 Å². The molecule has 128 valence electrons. The van der Waals surface area contributed by atoms with Gasteiger partial charge in [-0.05, 0) is 28.7 Å². The van der Waals surface area contributed by atoms with Crippen LogP contribution in [0.4, 0.5) is 0 Å². The predicted molar refractivity (Wildman–Crippen MR) is 101 cm³/mol. The van der Waals surface area contributed by atoms with Crippen LogP contribution in [0.15, 0.2) is 60.0 Å². The van der Waals surface area contributed by atoms with E-state index in [1.54, 1.807) is 17.1 Å². The lowest BCUT2D eigenvalue weighted by Crippen LogP contribution is -2.22. The number of carbonyl (C=O) groups excluding carboxylic acids is 1. The van der Waals surface area contributed by atoms with E-state index in [4.69, 9.17) is 0 Å². The van der Waals surface area contributed by atoms with Gasteiger partial charge in [0.05, 0.1) is 23.6 Å². The number of carbonyl (C=O) groups is 1. The average molecular weight is 334 g/mol. The standard InChI is InChI=1S/C20H22N4O/c1-20(2,3)16-10-8-15(9-11-16)12-22-23-19(25)13-24-14-21-17-6-4-5-7-18(17)24/h4-12,14H,13H2,1-3H3,(H,23,25)/b22-12-. The van der Waals surface area contributed by atoms with Crippen LogP contribution >= 0.6 is 0 Å². The number of nitrogens with zero attached hydrogens (tertiary/aromatic N) is 3. The molecule has 0 saturated carbocycles. The number of hydrazone groups is 1. The Balaban J connectivity index is 1.59. The third kappa shape index (κ3) is 4.12. The summed E-state index contributed by atoms with van der Waals surface area (Å²) in [6, 6.07) is 15.9. The first-order valence-electron chi connectivity index (χ1n) is 8.26. The summed E-state index contributed by atoms with van der Waals surface area (Å²) < 4.78 is 1.80. The second kappa shape index (κ2) is 6.89. The molecule has 5 nitrogen and oxygen atoms in total. The number of rotatable bonds is 4. The number of hydrogen-bond donors (Lipinski definition) is 1. The van der Waals surface area contributed by atoms with E-state index in [1.807, 2.05) is 36.4 Å². The van der Waals surface area contributed by atoms with Crippen LogP contribution < -0.4 is 5.43 Å². The zero-order valence-corrected chi connectivity index (χ0v) is 14.7. The molecule has 1 N–H and O–H groups in total. The topological polar surface area (TPSA) is 59.3 Å². The molecule has 1 amide bonds. The summed E-state index contributed by atoms with van der Waals surface area (Å²) in [5.74, 6) is -0.189. The van der Waals surface area contributed by atoms with Gasteiger partial charge in [-0.3, -0.25) is 4.79 Å². The van der Waals surface area contributed by atoms with Crippen molar-refractivity contribution in [3.05, 3.63) is 66.0 Å². The first-order chi connectivity index (χ1) is 11.9. The van der Waals surface area contributed by atoms with E-state index in [1.165, 1.54) is 5.56 Å². The summed E-state index contributed by atoms with van der Waals surface area (Å²) in [5, 5.41) is 4.04. The first kappa shape index (κ1) is 16.9. The van der Waals surface area contributed by atoms with Crippen molar-refractivity contribution >= 4 is 23.2 Å². The van der Waals surface area contributed by atoms with Crippen molar-refractivity contribution in [2.75, 3.05) is 0 Å². The maximum atomic E-state index is 12.1. The predicted octanol–water partition coefficient (Wildman–Crippen LogP) is 3.48. The molecule has 3 aromatic rings. The van der Waals surface area contributed by atoms with E-state index < -0.39 is 0 Å². The monoisotopic (exact) mass is 334 g/mol. The Bertz CT molecular complexity index is 901. The van der Waals surface area contributed by atoms with Gasteiger partial charge in [0.1, 0.15) is 6.54 Å². The van der Waals surface area contributed by atoms with Crippen LogP contribution in [0, 0.1) is 0 Å². The molecule has 0 radical (unpaired) electrons. The molecule has 0 atom stereocenters. The number of imidazole rings is 1. The Morgan fingerprint density at radius 2 is 1.88 bits per heavy atom. The number of amides is 1. The summed E-state index contributed by atoms with van der Waals surface area (Å²) in [7, 11) is 0. The molecule has 2 aromatic carbocycles. The number of nitrogens with one attached hydrogen (secondary N) is 1. The highest BCUT2D eigenvalue weighted by atomic mass is 16.2. The van der Waals surface area contributed by atoms with Crippen molar-refractivity contribution in [3.63, 3.8) is 0 Å². The fourth-order valence-corrected chi connectivity index (χ4v) is 2.57. The van der Waals surface area contributed by atoms with Crippen molar-refractivity contribution < 1.29 is 4.79 Å². The largest absolute Gasteiger partial charge is 0.321 e. The van der Waals surface area contributed by atoms with Gasteiger partial charge in [0.25, 0.3) is 5.91 Å². The lowest BCUT2D eigenvalue weighted by Gasteiger charge is -2.18. The van der Waals surface area contributed by atoms with E-state index in [2.05, 4.69) is 48.4 Å². The molecule has 0 aliphatic carbocycles. The first-order valence-corrected chi connectivity index (χ1v) is 8.26. The molecule has 1 heterocycles. The quantitative estimate of drug-likeness (QED) is 0.586. The smallest absolute Gasteiger partial charge is 0.260 e. The number of hydrogen-bond acceptors (Lipinski definition) is 3. The van der Waals surface area contributed by atoms with Gasteiger partial charge < -0.3 is 4.57 Å². The molecule has 0 spiro atoms. The van der Waals surface area contributed by atoms with Gasteiger partial charge in [0, 0.05) is 0 Å². The number of para-hydroxylation sites is 2. The SMILES string of the molecule is CC(C)(C)c1ccc(/C=N\NC(=O)Cn2cnc3ccccc32)cc1. The number of benzene rings is 2. The third-order valence-electron chi connectivity index (χ3n) is 4.02. The summed E-state index contributed by atoms with van der Waals surface area (Å²) in [6.45, 7) is 6.71. The maximum absolute atomic E-state index is 12.1. The van der Waals surface area contributed by atoms with E-state index in [-0.39, 0.29) is 17.9 Å². The van der Waals surface area contributed by atoms with Crippen LogP contribution in [0.2, 0.25) is 0 Å². The van der Waals surface area contributed by atoms with Gasteiger partial charge in [0.2, 0.25) is 0 Å². The fraction of sp³-hybridized carbons (Fsp3) is 0.250. The Morgan fingerprint density at radius 3 is 2.60 bits per heavy atom. The Kier molecular flexibility index (Phi) is 4.65. The molecule has 3 rings (SSSR count). The van der Waals surface area contributed by atoms with Gasteiger partial charge in [0.15, 0.2) is 0 Å². The summed E-state index contributed by atoms with van der Waals surface area (Å²) >= 11 is 0. The molecule has 1 aromatic heterocycles. The Morgan fingerprint density at radius 1 is 1.16 bits per heavy atom. The molecule has 0 unspecified atom stereocenters. The summed E-state index contributed by atoms with van der Waals surface area (Å²) in [6.07, 6.45) is 3.32. The van der Waals surface area contributed by atoms with Crippen LogP contribution in [-0.2, 0) is 16.8 Å². The highest BCUT2D eigenvalue weighted by Crippen LogP contribution is 2.21. The van der Waals surface area contributed by atoms with Crippen molar-refractivity contribution in [3.8, 4) is 0 Å². The van der Waals surface area contributed by atoms with Gasteiger partial charge >= 0.3 is 0 Å². The molecular weight excluding hydrogens is 312 g/mol. The maximum Gasteiger partial charge on any atom is 0.260 e. The van der Waals surface area contributed by atoms with Gasteiger partial charge in [-0.15, -0.1) is 0 Å². The molecule has 0 saturated heterocycles. The second-order valence-corrected chi connectivity index (χ2v) is 7.03. The van der Waals surface area contributed by atoms with Crippen molar-refractivity contribution in [2.24, 2.45) is 5.10 Å². The summed E-state index contributed by atoms with van der Waals surface area (Å²) in [4.78, 5) is 16.3. The highest BCUT2D eigenvalue weighted by Gasteiger charge is 2.12. The molecule has 0 bridgehead atoms. The molecule has 0 aliphatic heterocycles. The zero-order chi connectivity index (χ0) is 17.9. The molecule has 0 fully saturated rings. The number of aromatic nitrogens is 2. The number of fused-ring (bicyclic) bond motifs is 1. The fourth-order valence-electron chi connectivity index (χ4n) is 2.57. The molecule has 25 heavy (non-hydrogen) atoms. The molecule has 5 heteroatoms. The van der Waals surface area contributed by atoms with Gasteiger partial charge in [-0.2, -0.15) is 5.10 Å². The van der Waals surface area contributed by atoms with Crippen LogP contribution in [-0.4, -0.2) is 21.7 Å². The molecule has 0 aliphatic rings. The minimum atomic E-state index is -0.189. The lowest BCUT2D eigenvalue weighted by atomic mass is 9.87. The zero-order valence-electron chi connectivity index (χ0n) is 14.7. The van der Waals surface area contributed by atoms with E-state index in [0.717, 1.165) is 16.6 Å². The van der Waals surface area contributed by atoms with Crippen LogP contribution in [0.3, 0.4) is 0 Å². The normalized spacial score (nSPS) is 12.0. The second-order valence-electron chi connectivity index (χ2n) is 7.03. The Hall–Kier alpha value is -2.95. The minimum Gasteiger partial charge on any atom is -0.321 e. The van der Waals surface area contributed by atoms with Gasteiger partial charge in [-0.1, -0.05) is 57.2 Å². The Labute approximate surface area is 147 Å². The lowest BCUT2D eigenvalue weighted by molar-refractivity contribution is -0.121. The van der Waals surface area contributed by atoms with E-state index in [0.29, 0.717) is 0 Å². The van der Waals surface area contributed by atoms with Crippen LogP contribution in [0.25, 0.3) is 11.0 Å². The third-order valence-corrected chi connectivity index (χ3v) is 4.02. The average Bonchev–Trinajstić information content (AvgIpc) is 2.98. The van der Waals surface area contributed by atoms with E-state index in [9.17, 15) is 4.79 Å². The minimum absolute atomic E-state index is 0.122.